The number of methoxy groups -OCH3 is 3. The summed E-state index contributed by atoms with van der Waals surface area (Å²) in [6.45, 7) is 0.759. The van der Waals surface area contributed by atoms with Gasteiger partial charge in [0.1, 0.15) is 17.3 Å². The van der Waals surface area contributed by atoms with E-state index in [1.165, 1.54) is 0 Å². The third-order valence-electron chi connectivity index (χ3n) is 5.09. The maximum atomic E-state index is 11.2. The van der Waals surface area contributed by atoms with E-state index in [-0.39, 0.29) is 5.84 Å². The fourth-order valence-corrected chi connectivity index (χ4v) is 3.61. The lowest BCUT2D eigenvalue weighted by Gasteiger charge is -2.30. The zero-order valence-corrected chi connectivity index (χ0v) is 17.1. The van der Waals surface area contributed by atoms with Crippen LogP contribution in [0, 0.1) is 5.41 Å². The second-order valence-corrected chi connectivity index (χ2v) is 6.85. The molecule has 9 nitrogen and oxygen atoms in total. The third kappa shape index (κ3) is 3.43. The summed E-state index contributed by atoms with van der Waals surface area (Å²) in [5, 5.41) is 29.9. The highest BCUT2D eigenvalue weighted by Gasteiger charge is 2.43. The van der Waals surface area contributed by atoms with Crippen molar-refractivity contribution < 1.29 is 19.3 Å². The first kappa shape index (κ1) is 20.0. The van der Waals surface area contributed by atoms with Gasteiger partial charge in [0.05, 0.1) is 43.5 Å². The lowest BCUT2D eigenvalue weighted by molar-refractivity contribution is 0.0336. The normalized spacial score (nSPS) is 18.3. The Morgan fingerprint density at radius 3 is 2.13 bits per heavy atom. The van der Waals surface area contributed by atoms with Gasteiger partial charge in [-0.1, -0.05) is 12.1 Å². The van der Waals surface area contributed by atoms with Crippen LogP contribution in [0.1, 0.15) is 0 Å². The van der Waals surface area contributed by atoms with Crippen molar-refractivity contribution in [3.63, 3.8) is 0 Å². The van der Waals surface area contributed by atoms with Gasteiger partial charge in [0.2, 0.25) is 0 Å². The van der Waals surface area contributed by atoms with Crippen molar-refractivity contribution in [2.45, 2.75) is 6.23 Å². The molecule has 4 N–H and O–H groups in total. The number of hydrogen-bond acceptors (Lipinski definition) is 8. The van der Waals surface area contributed by atoms with Crippen molar-refractivity contribution in [1.29, 1.82) is 5.41 Å². The second kappa shape index (κ2) is 8.23. The van der Waals surface area contributed by atoms with Crippen molar-refractivity contribution in [1.82, 2.24) is 5.01 Å². The van der Waals surface area contributed by atoms with Gasteiger partial charge >= 0.3 is 0 Å². The average Bonchev–Trinajstić information content (AvgIpc) is 3.29. The molecule has 0 amide bonds. The van der Waals surface area contributed by atoms with E-state index in [0.29, 0.717) is 41.7 Å². The predicted octanol–water partition coefficient (Wildman–Crippen LogP) is 2.43. The Kier molecular flexibility index (Phi) is 5.49. The highest BCUT2D eigenvalue weighted by Crippen LogP contribution is 2.38. The van der Waals surface area contributed by atoms with Crippen LogP contribution in [0.2, 0.25) is 0 Å². The summed E-state index contributed by atoms with van der Waals surface area (Å²) in [5.41, 5.74) is 2.86. The Morgan fingerprint density at radius 2 is 1.60 bits per heavy atom. The van der Waals surface area contributed by atoms with Crippen LogP contribution in [0.25, 0.3) is 0 Å². The van der Waals surface area contributed by atoms with Gasteiger partial charge in [0, 0.05) is 31.9 Å². The van der Waals surface area contributed by atoms with E-state index in [4.69, 9.17) is 19.6 Å². The molecule has 9 heteroatoms. The number of hydrogen-bond donors (Lipinski definition) is 4. The predicted molar refractivity (Wildman–Crippen MR) is 115 cm³/mol. The van der Waals surface area contributed by atoms with Crippen LogP contribution in [0.15, 0.2) is 53.9 Å². The van der Waals surface area contributed by atoms with Gasteiger partial charge in [-0.3, -0.25) is 10.4 Å². The molecule has 0 saturated carbocycles. The molecule has 0 spiro atoms. The number of anilines is 3. The Hall–Kier alpha value is -3.27. The molecule has 2 aromatic rings. The van der Waals surface area contributed by atoms with Gasteiger partial charge < -0.3 is 30.0 Å². The Morgan fingerprint density at radius 1 is 1.00 bits per heavy atom. The van der Waals surface area contributed by atoms with E-state index >= 15 is 0 Å². The molecule has 1 unspecified atom stereocenters. The van der Waals surface area contributed by atoms with E-state index in [0.717, 1.165) is 11.4 Å². The van der Waals surface area contributed by atoms with Gasteiger partial charge in [-0.2, -0.15) is 5.01 Å². The van der Waals surface area contributed by atoms with Crippen LogP contribution in [0.3, 0.4) is 0 Å². The number of ether oxygens (including phenoxy) is 3. The fourth-order valence-electron chi connectivity index (χ4n) is 3.61. The van der Waals surface area contributed by atoms with Gasteiger partial charge in [-0.25, -0.2) is 0 Å². The largest absolute Gasteiger partial charge is 0.497 e. The summed E-state index contributed by atoms with van der Waals surface area (Å²) < 4.78 is 16.0. The average molecular weight is 411 g/mol. The molecule has 0 bridgehead atoms. The molecule has 1 fully saturated rings. The minimum Gasteiger partial charge on any atom is -0.497 e. The number of amidine groups is 1. The maximum Gasteiger partial charge on any atom is 0.157 e. The number of para-hydroxylation sites is 2. The topological polar surface area (TPSA) is 102 Å². The smallest absolute Gasteiger partial charge is 0.157 e. The molecule has 158 valence electrons. The lowest BCUT2D eigenvalue weighted by atomic mass is 10.2. The number of benzene rings is 2. The van der Waals surface area contributed by atoms with E-state index < -0.39 is 6.23 Å². The summed E-state index contributed by atoms with van der Waals surface area (Å²) in [4.78, 5) is 0. The molecular weight excluding hydrogens is 386 g/mol. The number of nitrogens with one attached hydrogen (secondary N) is 3. The van der Waals surface area contributed by atoms with Gasteiger partial charge in [0.25, 0.3) is 0 Å². The first-order valence-electron chi connectivity index (χ1n) is 9.50. The first-order chi connectivity index (χ1) is 14.6. The Labute approximate surface area is 174 Å². The minimum absolute atomic E-state index is 0.136. The van der Waals surface area contributed by atoms with E-state index in [9.17, 15) is 5.11 Å². The monoisotopic (exact) mass is 411 g/mol. The quantitative estimate of drug-likeness (QED) is 0.575. The number of hydrazine groups is 1. The summed E-state index contributed by atoms with van der Waals surface area (Å²) in [6.07, 6.45) is -1.05. The van der Waals surface area contributed by atoms with E-state index in [2.05, 4.69) is 10.6 Å². The molecule has 30 heavy (non-hydrogen) atoms. The second-order valence-electron chi connectivity index (χ2n) is 6.85. The molecule has 0 radical (unpaired) electrons. The molecule has 2 aliphatic heterocycles. The van der Waals surface area contributed by atoms with Crippen LogP contribution >= 0.6 is 0 Å². The van der Waals surface area contributed by atoms with Crippen molar-refractivity contribution in [3.8, 4) is 11.5 Å². The van der Waals surface area contributed by atoms with Gasteiger partial charge in [-0.15, -0.1) is 0 Å². The molecular formula is C21H25N5O4. The zero-order chi connectivity index (χ0) is 21.3. The maximum absolute atomic E-state index is 11.2. The number of rotatable bonds is 6. The Bertz CT molecular complexity index is 944. The number of aliphatic hydroxyl groups excluding tert-OH is 1. The lowest BCUT2D eigenvalue weighted by Crippen LogP contribution is -2.44. The van der Waals surface area contributed by atoms with Crippen molar-refractivity contribution in [2.24, 2.45) is 0 Å². The molecule has 0 aromatic heterocycles. The van der Waals surface area contributed by atoms with Crippen LogP contribution in [-0.2, 0) is 4.74 Å². The van der Waals surface area contributed by atoms with Crippen molar-refractivity contribution in [3.05, 3.63) is 53.9 Å². The van der Waals surface area contributed by atoms with Crippen molar-refractivity contribution in [2.75, 3.05) is 50.1 Å². The Balaban J connectivity index is 1.77. The summed E-state index contributed by atoms with van der Waals surface area (Å²) in [7, 11) is 4.74. The highest BCUT2D eigenvalue weighted by atomic mass is 16.5. The SMILES string of the molecule is COCCN1C(O)C(=C2Nc3ccccc3N2)C(=N)N1c1cc(OC)cc(OC)c1. The number of aliphatic hydroxyl groups is 1. The summed E-state index contributed by atoms with van der Waals surface area (Å²) >= 11 is 0. The van der Waals surface area contributed by atoms with Crippen LogP contribution in [-0.4, -0.2) is 56.7 Å². The third-order valence-corrected chi connectivity index (χ3v) is 5.09. The number of nitrogens with zero attached hydrogens (tertiary/aromatic N) is 2. The van der Waals surface area contributed by atoms with Crippen LogP contribution < -0.4 is 25.1 Å². The van der Waals surface area contributed by atoms with E-state index in [1.807, 2.05) is 24.3 Å². The number of fused-ring (bicyclic) bond motifs is 1. The molecule has 1 atom stereocenters. The molecule has 2 aliphatic rings. The van der Waals surface area contributed by atoms with Gasteiger partial charge in [-0.05, 0) is 12.1 Å². The molecule has 2 aromatic carbocycles. The first-order valence-corrected chi connectivity index (χ1v) is 9.50. The van der Waals surface area contributed by atoms with Crippen molar-refractivity contribution >= 4 is 22.9 Å². The summed E-state index contributed by atoms with van der Waals surface area (Å²) in [5.74, 6) is 1.89. The highest BCUT2D eigenvalue weighted by molar-refractivity contribution is 6.11. The molecule has 4 rings (SSSR count). The van der Waals surface area contributed by atoms with E-state index in [1.54, 1.807) is 49.5 Å². The fraction of sp³-hybridized carbons (Fsp3) is 0.286. The molecule has 2 heterocycles. The molecule has 1 saturated heterocycles. The minimum atomic E-state index is -1.05. The zero-order valence-electron chi connectivity index (χ0n) is 17.1. The van der Waals surface area contributed by atoms with Gasteiger partial charge in [0.15, 0.2) is 12.1 Å². The van der Waals surface area contributed by atoms with Crippen LogP contribution in [0.4, 0.5) is 17.1 Å². The standard InChI is InChI=1S/C21H25N5O4/c1-28-9-8-25-21(27)18(20-23-16-6-4-5-7-17(16)24-20)19(22)26(25)13-10-14(29-2)12-15(11-13)30-3/h4-7,10-12,21-24,27H,8-9H2,1-3H3. The summed E-state index contributed by atoms with van der Waals surface area (Å²) in [6, 6.07) is 13.1. The van der Waals surface area contributed by atoms with Crippen LogP contribution in [0.5, 0.6) is 11.5 Å². The molecule has 0 aliphatic carbocycles.